The van der Waals surface area contributed by atoms with Gasteiger partial charge >= 0.3 is 0 Å². The average Bonchev–Trinajstić information content (AvgIpc) is 3.59. The van der Waals surface area contributed by atoms with E-state index in [1.807, 2.05) is 0 Å². The van der Waals surface area contributed by atoms with Crippen molar-refractivity contribution in [1.29, 1.82) is 0 Å². The van der Waals surface area contributed by atoms with Gasteiger partial charge in [-0.3, -0.25) is 0 Å². The molecule has 260 valence electrons. The topological polar surface area (TPSA) is 8.17 Å². The molecule has 0 aliphatic carbocycles. The predicted molar refractivity (Wildman–Crippen MR) is 234 cm³/mol. The molecule has 2 nitrogen and oxygen atoms in total. The first-order valence-electron chi connectivity index (χ1n) is 18.9. The minimum atomic E-state index is 1.10. The normalized spacial score (nSPS) is 11.4. The summed E-state index contributed by atoms with van der Waals surface area (Å²) in [6, 6.07) is 77.1. The molecule has 0 amide bonds. The molecule has 0 fully saturated rings. The van der Waals surface area contributed by atoms with Gasteiger partial charge in [0.1, 0.15) is 0 Å². The van der Waals surface area contributed by atoms with E-state index in [0.717, 1.165) is 28.3 Å². The average molecular weight is 703 g/mol. The van der Waals surface area contributed by atoms with Gasteiger partial charge in [-0.05, 0) is 82.4 Å². The van der Waals surface area contributed by atoms with Crippen LogP contribution in [-0.2, 0) is 0 Å². The van der Waals surface area contributed by atoms with Gasteiger partial charge in [0.15, 0.2) is 0 Å². The van der Waals surface area contributed by atoms with Crippen molar-refractivity contribution >= 4 is 49.6 Å². The lowest BCUT2D eigenvalue weighted by molar-refractivity contribution is 1.18. The third-order valence-electron chi connectivity index (χ3n) is 10.8. The highest BCUT2D eigenvalue weighted by molar-refractivity contribution is 6.18. The van der Waals surface area contributed by atoms with Crippen molar-refractivity contribution in [2.24, 2.45) is 0 Å². The number of hydrogen-bond acceptors (Lipinski definition) is 1. The summed E-state index contributed by atoms with van der Waals surface area (Å²) in [5.74, 6) is 0. The van der Waals surface area contributed by atoms with Gasteiger partial charge in [0.05, 0.1) is 28.1 Å². The molecule has 9 aromatic carbocycles. The smallest absolute Gasteiger partial charge is 0.0562 e. The van der Waals surface area contributed by atoms with Gasteiger partial charge in [-0.2, -0.15) is 0 Å². The third-order valence-corrected chi connectivity index (χ3v) is 10.8. The van der Waals surface area contributed by atoms with Crippen LogP contribution in [0.3, 0.4) is 0 Å². The summed E-state index contributed by atoms with van der Waals surface area (Å²) in [7, 11) is 0. The Labute approximate surface area is 321 Å². The van der Waals surface area contributed by atoms with Crippen LogP contribution in [-0.4, -0.2) is 4.57 Å². The molecule has 1 aromatic heterocycles. The highest BCUT2D eigenvalue weighted by atomic mass is 15.2. The van der Waals surface area contributed by atoms with Crippen molar-refractivity contribution in [2.75, 3.05) is 4.90 Å². The number of benzene rings is 9. The molecule has 0 radical (unpaired) electrons. The maximum Gasteiger partial charge on any atom is 0.0562 e. The van der Waals surface area contributed by atoms with Crippen molar-refractivity contribution in [3.63, 3.8) is 0 Å². The van der Waals surface area contributed by atoms with Gasteiger partial charge in [0, 0.05) is 27.6 Å². The lowest BCUT2D eigenvalue weighted by atomic mass is 9.95. The zero-order valence-electron chi connectivity index (χ0n) is 30.6. The highest BCUT2D eigenvalue weighted by Crippen LogP contribution is 2.48. The maximum absolute atomic E-state index is 2.48. The standard InChI is InChI=1S/C53H38N2/c1-37-16-14-22-42(36-37)52-45-24-9-8-21-41(45)32-35-51(52)55-48-27-13-11-25-46(48)53-49(28-15-29-50(53)55)54(43-33-30-39(31-34-43)38-17-4-2-5-18-38)47-26-12-10-23-44(47)40-19-6-3-7-20-40/h2-36H,1H3. The lowest BCUT2D eigenvalue weighted by Crippen LogP contribution is -2.11. The Morgan fingerprint density at radius 2 is 1.00 bits per heavy atom. The number of fused-ring (bicyclic) bond motifs is 4. The minimum Gasteiger partial charge on any atom is -0.309 e. The van der Waals surface area contributed by atoms with Crippen LogP contribution in [0.25, 0.3) is 71.6 Å². The SMILES string of the molecule is Cc1cccc(-c2c(-n3c4ccccc4c4c(N(c5ccc(-c6ccccc6)cc5)c5ccccc5-c5ccccc5)cccc43)ccc3ccccc23)c1. The summed E-state index contributed by atoms with van der Waals surface area (Å²) >= 11 is 0. The molecule has 0 N–H and O–H groups in total. The number of hydrogen-bond donors (Lipinski definition) is 0. The van der Waals surface area contributed by atoms with Crippen molar-refractivity contribution in [1.82, 2.24) is 4.57 Å². The number of nitrogens with zero attached hydrogens (tertiary/aromatic N) is 2. The first-order chi connectivity index (χ1) is 27.2. The number of anilines is 3. The van der Waals surface area contributed by atoms with Crippen LogP contribution >= 0.6 is 0 Å². The Hall–Kier alpha value is -7.16. The van der Waals surface area contributed by atoms with Crippen LogP contribution in [0.2, 0.25) is 0 Å². The Bertz CT molecular complexity index is 2980. The lowest BCUT2D eigenvalue weighted by Gasteiger charge is -2.29. The van der Waals surface area contributed by atoms with Gasteiger partial charge in [-0.1, -0.05) is 175 Å². The Morgan fingerprint density at radius 3 is 1.80 bits per heavy atom. The molecule has 55 heavy (non-hydrogen) atoms. The molecule has 1 heterocycles. The van der Waals surface area contributed by atoms with E-state index in [0.29, 0.717) is 0 Å². The van der Waals surface area contributed by atoms with Gasteiger partial charge in [-0.25, -0.2) is 0 Å². The summed E-state index contributed by atoms with van der Waals surface area (Å²) in [6.45, 7) is 2.18. The number of aromatic nitrogens is 1. The van der Waals surface area contributed by atoms with Crippen LogP contribution in [0.5, 0.6) is 0 Å². The Balaban J connectivity index is 1.27. The van der Waals surface area contributed by atoms with E-state index in [2.05, 4.69) is 229 Å². The molecular formula is C53H38N2. The third kappa shape index (κ3) is 5.67. The summed E-state index contributed by atoms with van der Waals surface area (Å²) in [5.41, 5.74) is 15.3. The molecule has 10 rings (SSSR count). The summed E-state index contributed by atoms with van der Waals surface area (Å²) in [4.78, 5) is 2.46. The zero-order valence-corrected chi connectivity index (χ0v) is 30.6. The summed E-state index contributed by atoms with van der Waals surface area (Å²) in [6.07, 6.45) is 0. The second-order valence-electron chi connectivity index (χ2n) is 14.2. The van der Waals surface area contributed by atoms with Gasteiger partial charge in [-0.15, -0.1) is 0 Å². The van der Waals surface area contributed by atoms with E-state index in [-0.39, 0.29) is 0 Å². The van der Waals surface area contributed by atoms with Gasteiger partial charge < -0.3 is 9.47 Å². The first-order valence-corrected chi connectivity index (χ1v) is 18.9. The molecule has 2 heteroatoms. The van der Waals surface area contributed by atoms with E-state index in [1.54, 1.807) is 0 Å². The molecule has 0 saturated heterocycles. The highest BCUT2D eigenvalue weighted by Gasteiger charge is 2.24. The molecule has 0 saturated carbocycles. The molecule has 0 spiro atoms. The van der Waals surface area contributed by atoms with Crippen LogP contribution < -0.4 is 4.90 Å². The zero-order chi connectivity index (χ0) is 36.7. The van der Waals surface area contributed by atoms with Crippen molar-refractivity contribution in [2.45, 2.75) is 6.92 Å². The van der Waals surface area contributed by atoms with E-state index >= 15 is 0 Å². The van der Waals surface area contributed by atoms with Crippen LogP contribution in [0.1, 0.15) is 5.56 Å². The van der Waals surface area contributed by atoms with E-state index in [4.69, 9.17) is 0 Å². The molecule has 0 bridgehead atoms. The quantitative estimate of drug-likeness (QED) is 0.160. The molecule has 10 aromatic rings. The fourth-order valence-corrected chi connectivity index (χ4v) is 8.37. The van der Waals surface area contributed by atoms with Crippen molar-refractivity contribution in [3.05, 3.63) is 218 Å². The van der Waals surface area contributed by atoms with Crippen LogP contribution in [0.15, 0.2) is 212 Å². The second-order valence-corrected chi connectivity index (χ2v) is 14.2. The number of para-hydroxylation sites is 2. The second kappa shape index (κ2) is 13.7. The Morgan fingerprint density at radius 1 is 0.400 bits per heavy atom. The molecule has 0 unspecified atom stereocenters. The van der Waals surface area contributed by atoms with Crippen LogP contribution in [0, 0.1) is 6.92 Å². The molecule has 0 aliphatic heterocycles. The summed E-state index contributed by atoms with van der Waals surface area (Å²) < 4.78 is 2.48. The largest absolute Gasteiger partial charge is 0.309 e. The fraction of sp³-hybridized carbons (Fsp3) is 0.0189. The molecule has 0 atom stereocenters. The van der Waals surface area contributed by atoms with E-state index < -0.39 is 0 Å². The number of rotatable bonds is 7. The van der Waals surface area contributed by atoms with Gasteiger partial charge in [0.2, 0.25) is 0 Å². The minimum absolute atomic E-state index is 1.10. The van der Waals surface area contributed by atoms with E-state index in [1.165, 1.54) is 66.0 Å². The van der Waals surface area contributed by atoms with E-state index in [9.17, 15) is 0 Å². The van der Waals surface area contributed by atoms with Crippen molar-refractivity contribution < 1.29 is 0 Å². The van der Waals surface area contributed by atoms with Crippen molar-refractivity contribution in [3.8, 4) is 39.1 Å². The predicted octanol–water partition coefficient (Wildman–Crippen LogP) is 14.7. The molecule has 0 aliphatic rings. The summed E-state index contributed by atoms with van der Waals surface area (Å²) in [5, 5.41) is 4.88. The maximum atomic E-state index is 2.48. The first kappa shape index (κ1) is 32.5. The number of aryl methyl sites for hydroxylation is 1. The monoisotopic (exact) mass is 702 g/mol. The molecular weight excluding hydrogens is 665 g/mol. The fourth-order valence-electron chi connectivity index (χ4n) is 8.37. The Kier molecular flexibility index (Phi) is 8.08. The van der Waals surface area contributed by atoms with Crippen LogP contribution in [0.4, 0.5) is 17.1 Å². The van der Waals surface area contributed by atoms with Gasteiger partial charge in [0.25, 0.3) is 0 Å².